The van der Waals surface area contributed by atoms with Gasteiger partial charge in [-0.1, -0.05) is 0 Å². The lowest BCUT2D eigenvalue weighted by Crippen LogP contribution is -2.48. The first-order valence-corrected chi connectivity index (χ1v) is 9.80. The predicted molar refractivity (Wildman–Crippen MR) is 106 cm³/mol. The van der Waals surface area contributed by atoms with Crippen LogP contribution in [-0.2, 0) is 4.74 Å². The molecular formula is C20H22N6O3. The van der Waals surface area contributed by atoms with Gasteiger partial charge in [0.25, 0.3) is 5.91 Å². The molecule has 2 aromatic heterocycles. The number of aromatic amines is 1. The van der Waals surface area contributed by atoms with Crippen molar-refractivity contribution in [2.24, 2.45) is 0 Å². The van der Waals surface area contributed by atoms with Crippen LogP contribution in [0.15, 0.2) is 36.9 Å². The van der Waals surface area contributed by atoms with Crippen molar-refractivity contribution in [1.29, 1.82) is 0 Å². The Hall–Kier alpha value is -3.20. The van der Waals surface area contributed by atoms with Crippen LogP contribution in [0.25, 0.3) is 10.9 Å². The summed E-state index contributed by atoms with van der Waals surface area (Å²) in [4.78, 5) is 25.3. The minimum absolute atomic E-state index is 0.0137. The van der Waals surface area contributed by atoms with Crippen molar-refractivity contribution < 1.29 is 14.3 Å². The normalized spacial score (nSPS) is 19.7. The van der Waals surface area contributed by atoms with E-state index in [-0.39, 0.29) is 12.0 Å². The fourth-order valence-corrected chi connectivity index (χ4v) is 3.79. The molecule has 1 unspecified atom stereocenters. The van der Waals surface area contributed by atoms with Gasteiger partial charge in [0.2, 0.25) is 5.88 Å². The largest absolute Gasteiger partial charge is 0.471 e. The first kappa shape index (κ1) is 17.9. The number of ether oxygens (including phenoxy) is 2. The topological polar surface area (TPSA) is 96.5 Å². The van der Waals surface area contributed by atoms with Crippen LogP contribution >= 0.6 is 0 Å². The van der Waals surface area contributed by atoms with Crippen molar-refractivity contribution in [2.75, 3.05) is 44.3 Å². The molecule has 1 N–H and O–H groups in total. The van der Waals surface area contributed by atoms with Gasteiger partial charge in [0.1, 0.15) is 12.4 Å². The first-order valence-electron chi connectivity index (χ1n) is 9.80. The number of aromatic nitrogens is 4. The van der Waals surface area contributed by atoms with Crippen LogP contribution < -0.4 is 9.64 Å². The molecule has 9 nitrogen and oxygen atoms in total. The smallest absolute Gasteiger partial charge is 0.257 e. The summed E-state index contributed by atoms with van der Waals surface area (Å²) in [5.41, 5.74) is 2.53. The van der Waals surface area contributed by atoms with Gasteiger partial charge in [-0.05, 0) is 18.2 Å². The number of carbonyl (C=O) groups is 1. The van der Waals surface area contributed by atoms with E-state index in [0.29, 0.717) is 31.1 Å². The van der Waals surface area contributed by atoms with E-state index in [9.17, 15) is 4.79 Å². The Labute approximate surface area is 167 Å². The second-order valence-electron chi connectivity index (χ2n) is 7.25. The third-order valence-electron chi connectivity index (χ3n) is 5.43. The van der Waals surface area contributed by atoms with Gasteiger partial charge in [0.15, 0.2) is 0 Å². The number of piperazine rings is 1. The summed E-state index contributed by atoms with van der Waals surface area (Å²) >= 11 is 0. The van der Waals surface area contributed by atoms with E-state index in [2.05, 4.69) is 37.2 Å². The number of hydrogen-bond acceptors (Lipinski definition) is 7. The van der Waals surface area contributed by atoms with Gasteiger partial charge in [-0.2, -0.15) is 5.10 Å². The van der Waals surface area contributed by atoms with E-state index in [1.807, 2.05) is 11.0 Å². The summed E-state index contributed by atoms with van der Waals surface area (Å²) in [6.45, 7) is 4.16. The molecule has 1 atom stereocenters. The summed E-state index contributed by atoms with van der Waals surface area (Å²) in [5, 5.41) is 7.45. The summed E-state index contributed by atoms with van der Waals surface area (Å²) in [7, 11) is 0. The summed E-state index contributed by atoms with van der Waals surface area (Å²) in [6.07, 6.45) is 5.64. The Morgan fingerprint density at radius 3 is 2.86 bits per heavy atom. The predicted octanol–water partition coefficient (Wildman–Crippen LogP) is 1.48. The van der Waals surface area contributed by atoms with Crippen molar-refractivity contribution in [3.8, 4) is 5.88 Å². The van der Waals surface area contributed by atoms with Gasteiger partial charge in [-0.15, -0.1) is 0 Å². The first-order chi connectivity index (χ1) is 14.3. The fourth-order valence-electron chi connectivity index (χ4n) is 3.79. The van der Waals surface area contributed by atoms with Crippen molar-refractivity contribution in [2.45, 2.75) is 12.5 Å². The third kappa shape index (κ3) is 3.61. The number of nitrogens with one attached hydrogen (secondary N) is 1. The zero-order chi connectivity index (χ0) is 19.6. The molecule has 150 valence electrons. The molecule has 5 rings (SSSR count). The minimum Gasteiger partial charge on any atom is -0.471 e. The quantitative estimate of drug-likeness (QED) is 0.716. The van der Waals surface area contributed by atoms with Crippen LogP contribution in [0.5, 0.6) is 5.88 Å². The van der Waals surface area contributed by atoms with Gasteiger partial charge in [0, 0.05) is 44.5 Å². The van der Waals surface area contributed by atoms with Crippen LogP contribution in [-0.4, -0.2) is 76.5 Å². The number of fused-ring (bicyclic) bond motifs is 1. The van der Waals surface area contributed by atoms with Gasteiger partial charge in [-0.3, -0.25) is 9.89 Å². The Morgan fingerprint density at radius 2 is 2.10 bits per heavy atom. The van der Waals surface area contributed by atoms with Crippen LogP contribution in [0.4, 0.5) is 5.69 Å². The molecule has 0 bridgehead atoms. The van der Waals surface area contributed by atoms with Crippen LogP contribution in [0.1, 0.15) is 16.8 Å². The molecule has 1 amide bonds. The van der Waals surface area contributed by atoms with Crippen molar-refractivity contribution >= 4 is 22.5 Å². The van der Waals surface area contributed by atoms with Crippen LogP contribution in [0.3, 0.4) is 0 Å². The molecule has 0 spiro atoms. The molecule has 29 heavy (non-hydrogen) atoms. The molecule has 0 radical (unpaired) electrons. The molecular weight excluding hydrogens is 372 g/mol. The maximum absolute atomic E-state index is 12.5. The minimum atomic E-state index is 0.0137. The van der Waals surface area contributed by atoms with Crippen molar-refractivity contribution in [1.82, 2.24) is 25.1 Å². The van der Waals surface area contributed by atoms with Gasteiger partial charge < -0.3 is 19.3 Å². The van der Waals surface area contributed by atoms with Gasteiger partial charge >= 0.3 is 0 Å². The SMILES string of the molecule is O=C(c1cn[nH]c1)N1CCN(c2ccc3ncnc(OC4CCOC4)c3c2)CC1. The molecule has 9 heteroatoms. The van der Waals surface area contributed by atoms with Gasteiger partial charge in [0.05, 0.1) is 35.9 Å². The monoisotopic (exact) mass is 394 g/mol. The third-order valence-corrected chi connectivity index (χ3v) is 5.43. The molecule has 1 aromatic carbocycles. The van der Waals surface area contributed by atoms with Crippen LogP contribution in [0.2, 0.25) is 0 Å². The Balaban J connectivity index is 1.32. The Bertz CT molecular complexity index is 995. The molecule has 0 aliphatic carbocycles. The summed E-state index contributed by atoms with van der Waals surface area (Å²) < 4.78 is 11.5. The molecule has 2 aliphatic heterocycles. The van der Waals surface area contributed by atoms with Gasteiger partial charge in [-0.25, -0.2) is 9.97 Å². The highest BCUT2D eigenvalue weighted by atomic mass is 16.5. The molecule has 2 saturated heterocycles. The summed E-state index contributed by atoms with van der Waals surface area (Å²) in [6, 6.07) is 6.13. The van der Waals surface area contributed by atoms with E-state index in [1.165, 1.54) is 6.33 Å². The number of amides is 1. The average molecular weight is 394 g/mol. The maximum atomic E-state index is 12.5. The fraction of sp³-hybridized carbons (Fsp3) is 0.400. The zero-order valence-electron chi connectivity index (χ0n) is 16.0. The van der Waals surface area contributed by atoms with Crippen molar-refractivity contribution in [3.63, 3.8) is 0 Å². The standard InChI is InChI=1S/C20H22N6O3/c27-20(14-10-23-24-11-14)26-6-4-25(5-7-26)15-1-2-18-17(9-15)19(22-13-21-18)29-16-3-8-28-12-16/h1-2,9-11,13,16H,3-8,12H2,(H,23,24). The molecule has 3 aromatic rings. The molecule has 2 aliphatic rings. The Morgan fingerprint density at radius 1 is 1.21 bits per heavy atom. The number of hydrogen-bond donors (Lipinski definition) is 1. The number of carbonyl (C=O) groups excluding carboxylic acids is 1. The number of nitrogens with zero attached hydrogens (tertiary/aromatic N) is 5. The molecule has 2 fully saturated rings. The molecule has 4 heterocycles. The van der Waals surface area contributed by atoms with Crippen LogP contribution in [0, 0.1) is 0 Å². The lowest BCUT2D eigenvalue weighted by atomic mass is 10.1. The number of anilines is 1. The highest BCUT2D eigenvalue weighted by Gasteiger charge is 2.24. The second-order valence-corrected chi connectivity index (χ2v) is 7.25. The highest BCUT2D eigenvalue weighted by molar-refractivity contribution is 5.94. The molecule has 0 saturated carbocycles. The number of H-pyrrole nitrogens is 1. The second kappa shape index (κ2) is 7.67. The lowest BCUT2D eigenvalue weighted by molar-refractivity contribution is 0.0747. The van der Waals surface area contributed by atoms with E-state index < -0.39 is 0 Å². The number of rotatable bonds is 4. The van der Waals surface area contributed by atoms with E-state index in [0.717, 1.165) is 42.7 Å². The van der Waals surface area contributed by atoms with E-state index >= 15 is 0 Å². The lowest BCUT2D eigenvalue weighted by Gasteiger charge is -2.36. The zero-order valence-corrected chi connectivity index (χ0v) is 16.0. The summed E-state index contributed by atoms with van der Waals surface area (Å²) in [5.74, 6) is 0.612. The van der Waals surface area contributed by atoms with E-state index in [1.54, 1.807) is 12.4 Å². The average Bonchev–Trinajstić information content (AvgIpc) is 3.48. The number of benzene rings is 1. The van der Waals surface area contributed by atoms with Crippen molar-refractivity contribution in [3.05, 3.63) is 42.5 Å². The van der Waals surface area contributed by atoms with E-state index in [4.69, 9.17) is 9.47 Å². The highest BCUT2D eigenvalue weighted by Crippen LogP contribution is 2.29. The maximum Gasteiger partial charge on any atom is 0.257 e. The Kier molecular flexibility index (Phi) is 4.73.